The van der Waals surface area contributed by atoms with Gasteiger partial charge in [-0.1, -0.05) is 29.8 Å². The Hall–Kier alpha value is -1.35. The Kier molecular flexibility index (Phi) is 4.06. The summed E-state index contributed by atoms with van der Waals surface area (Å²) in [6, 6.07) is 9.21. The number of piperidine rings is 1. The van der Waals surface area contributed by atoms with Crippen molar-refractivity contribution in [2.45, 2.75) is 45.2 Å². The second kappa shape index (κ2) is 5.96. The van der Waals surface area contributed by atoms with E-state index < -0.39 is 0 Å². The third kappa shape index (κ3) is 3.40. The average molecular weight is 272 g/mol. The van der Waals surface area contributed by atoms with Gasteiger partial charge in [-0.05, 0) is 38.2 Å². The van der Waals surface area contributed by atoms with Gasteiger partial charge in [0.1, 0.15) is 0 Å². The van der Waals surface area contributed by atoms with E-state index in [1.807, 2.05) is 0 Å². The lowest BCUT2D eigenvalue weighted by Crippen LogP contribution is -2.45. The number of aryl methyl sites for hydroxylation is 1. The number of carbonyl (C=O) groups is 1. The fourth-order valence-corrected chi connectivity index (χ4v) is 2.98. The molecule has 3 nitrogen and oxygen atoms in total. The summed E-state index contributed by atoms with van der Waals surface area (Å²) >= 11 is 0. The molecule has 0 radical (unpaired) electrons. The Morgan fingerprint density at radius 1 is 1.25 bits per heavy atom. The van der Waals surface area contributed by atoms with Gasteiger partial charge in [0.25, 0.3) is 0 Å². The van der Waals surface area contributed by atoms with E-state index >= 15 is 0 Å². The molecule has 1 aliphatic heterocycles. The highest BCUT2D eigenvalue weighted by Crippen LogP contribution is 2.31. The van der Waals surface area contributed by atoms with Crippen molar-refractivity contribution in [3.05, 3.63) is 35.4 Å². The molecular weight excluding hydrogens is 248 g/mol. The zero-order valence-corrected chi connectivity index (χ0v) is 12.3. The number of nitrogens with zero attached hydrogens (tertiary/aromatic N) is 1. The zero-order chi connectivity index (χ0) is 13.9. The van der Waals surface area contributed by atoms with Gasteiger partial charge >= 0.3 is 0 Å². The second-order valence-electron chi connectivity index (χ2n) is 6.24. The molecule has 0 spiro atoms. The summed E-state index contributed by atoms with van der Waals surface area (Å²) in [5, 5.41) is 3.63. The number of carbonyl (C=O) groups excluding carboxylic acids is 1. The number of hydrogen-bond acceptors (Lipinski definition) is 2. The van der Waals surface area contributed by atoms with Gasteiger partial charge in [-0.3, -0.25) is 4.79 Å². The Labute approximate surface area is 121 Å². The van der Waals surface area contributed by atoms with E-state index in [9.17, 15) is 4.79 Å². The minimum absolute atomic E-state index is 0.367. The Morgan fingerprint density at radius 2 is 2.00 bits per heavy atom. The molecule has 108 valence electrons. The number of nitrogens with one attached hydrogen (secondary N) is 1. The van der Waals surface area contributed by atoms with Gasteiger partial charge in [0.05, 0.1) is 0 Å². The molecule has 1 saturated carbocycles. The largest absolute Gasteiger partial charge is 0.342 e. The first-order valence-electron chi connectivity index (χ1n) is 7.80. The van der Waals surface area contributed by atoms with E-state index in [-0.39, 0.29) is 0 Å². The van der Waals surface area contributed by atoms with E-state index in [4.69, 9.17) is 0 Å². The van der Waals surface area contributed by atoms with Gasteiger partial charge in [0, 0.05) is 31.6 Å². The SMILES string of the molecule is Cc1cccc(CNC2CCN(C(=O)C3CC3)CC2)c1. The third-order valence-electron chi connectivity index (χ3n) is 4.41. The lowest BCUT2D eigenvalue weighted by molar-refractivity contribution is -0.133. The molecule has 3 heteroatoms. The van der Waals surface area contributed by atoms with Crippen molar-refractivity contribution in [3.63, 3.8) is 0 Å². The van der Waals surface area contributed by atoms with Gasteiger partial charge in [-0.2, -0.15) is 0 Å². The number of rotatable bonds is 4. The highest BCUT2D eigenvalue weighted by atomic mass is 16.2. The van der Waals surface area contributed by atoms with Crippen LogP contribution in [0.4, 0.5) is 0 Å². The normalized spacial score (nSPS) is 20.1. The van der Waals surface area contributed by atoms with Gasteiger partial charge in [0.2, 0.25) is 5.91 Å². The molecule has 1 heterocycles. The Balaban J connectivity index is 1.43. The number of likely N-dealkylation sites (tertiary alicyclic amines) is 1. The molecule has 1 amide bonds. The summed E-state index contributed by atoms with van der Waals surface area (Å²) in [6.45, 7) is 4.93. The number of hydrogen-bond donors (Lipinski definition) is 1. The first-order chi connectivity index (χ1) is 9.72. The molecule has 1 saturated heterocycles. The minimum Gasteiger partial charge on any atom is -0.342 e. The summed E-state index contributed by atoms with van der Waals surface area (Å²) in [7, 11) is 0. The lowest BCUT2D eigenvalue weighted by Gasteiger charge is -2.32. The van der Waals surface area contributed by atoms with Crippen molar-refractivity contribution < 1.29 is 4.79 Å². The maximum atomic E-state index is 12.0. The van der Waals surface area contributed by atoms with Crippen LogP contribution in [0.15, 0.2) is 24.3 Å². The van der Waals surface area contributed by atoms with Crippen LogP contribution in [0, 0.1) is 12.8 Å². The van der Waals surface area contributed by atoms with Crippen LogP contribution in [0.5, 0.6) is 0 Å². The molecule has 3 rings (SSSR count). The van der Waals surface area contributed by atoms with Crippen molar-refractivity contribution >= 4 is 5.91 Å². The highest BCUT2D eigenvalue weighted by molar-refractivity contribution is 5.81. The molecular formula is C17H24N2O. The second-order valence-corrected chi connectivity index (χ2v) is 6.24. The van der Waals surface area contributed by atoms with Crippen molar-refractivity contribution in [3.8, 4) is 0 Å². The first kappa shape index (κ1) is 13.6. The lowest BCUT2D eigenvalue weighted by atomic mass is 10.0. The number of amides is 1. The molecule has 1 aromatic carbocycles. The monoisotopic (exact) mass is 272 g/mol. The van der Waals surface area contributed by atoms with Gasteiger partial charge < -0.3 is 10.2 Å². The molecule has 0 bridgehead atoms. The van der Waals surface area contributed by atoms with Crippen molar-refractivity contribution in [2.24, 2.45) is 5.92 Å². The minimum atomic E-state index is 0.367. The first-order valence-corrected chi connectivity index (χ1v) is 7.80. The van der Waals surface area contributed by atoms with Crippen molar-refractivity contribution in [1.29, 1.82) is 0 Å². The van der Waals surface area contributed by atoms with Crippen LogP contribution in [0.1, 0.15) is 36.8 Å². The maximum Gasteiger partial charge on any atom is 0.225 e. The van der Waals surface area contributed by atoms with Gasteiger partial charge in [-0.25, -0.2) is 0 Å². The molecule has 0 aromatic heterocycles. The summed E-state index contributed by atoms with van der Waals surface area (Å²) < 4.78 is 0. The Morgan fingerprint density at radius 3 is 2.65 bits per heavy atom. The van der Waals surface area contributed by atoms with Crippen LogP contribution < -0.4 is 5.32 Å². The van der Waals surface area contributed by atoms with Crippen molar-refractivity contribution in [1.82, 2.24) is 10.2 Å². The summed E-state index contributed by atoms with van der Waals surface area (Å²) in [5.74, 6) is 0.772. The smallest absolute Gasteiger partial charge is 0.225 e. The molecule has 2 aliphatic rings. The van der Waals surface area contributed by atoms with Crippen LogP contribution >= 0.6 is 0 Å². The predicted molar refractivity (Wildman–Crippen MR) is 80.3 cm³/mol. The quantitative estimate of drug-likeness (QED) is 0.913. The average Bonchev–Trinajstić information content (AvgIpc) is 3.30. The van der Waals surface area contributed by atoms with Crippen LogP contribution in [0.2, 0.25) is 0 Å². The van der Waals surface area contributed by atoms with E-state index in [0.717, 1.165) is 45.3 Å². The van der Waals surface area contributed by atoms with Crippen LogP contribution in [0.3, 0.4) is 0 Å². The summed E-state index contributed by atoms with van der Waals surface area (Å²) in [5.41, 5.74) is 2.66. The Bertz CT molecular complexity index is 474. The highest BCUT2D eigenvalue weighted by Gasteiger charge is 2.34. The van der Waals surface area contributed by atoms with E-state index in [0.29, 0.717) is 17.9 Å². The van der Waals surface area contributed by atoms with Crippen LogP contribution in [0.25, 0.3) is 0 Å². The molecule has 2 fully saturated rings. The molecule has 0 unspecified atom stereocenters. The zero-order valence-electron chi connectivity index (χ0n) is 12.3. The standard InChI is InChI=1S/C17H24N2O/c1-13-3-2-4-14(11-13)12-18-16-7-9-19(10-8-16)17(20)15-5-6-15/h2-4,11,15-16,18H,5-10,12H2,1H3. The van der Waals surface area contributed by atoms with Gasteiger partial charge in [-0.15, -0.1) is 0 Å². The molecule has 1 aliphatic carbocycles. The fraction of sp³-hybridized carbons (Fsp3) is 0.588. The van der Waals surface area contributed by atoms with Crippen LogP contribution in [-0.2, 0) is 11.3 Å². The van der Waals surface area contributed by atoms with E-state index in [1.165, 1.54) is 11.1 Å². The third-order valence-corrected chi connectivity index (χ3v) is 4.41. The number of benzene rings is 1. The summed E-state index contributed by atoms with van der Waals surface area (Å²) in [4.78, 5) is 14.1. The molecule has 0 atom stereocenters. The molecule has 1 aromatic rings. The molecule has 20 heavy (non-hydrogen) atoms. The van der Waals surface area contributed by atoms with Gasteiger partial charge in [0.15, 0.2) is 0 Å². The fourth-order valence-electron chi connectivity index (χ4n) is 2.98. The maximum absolute atomic E-state index is 12.0. The van der Waals surface area contributed by atoms with E-state index in [1.54, 1.807) is 0 Å². The van der Waals surface area contributed by atoms with Crippen LogP contribution in [-0.4, -0.2) is 29.9 Å². The predicted octanol–water partition coefficient (Wildman–Crippen LogP) is 2.49. The van der Waals surface area contributed by atoms with E-state index in [2.05, 4.69) is 41.4 Å². The molecule has 1 N–H and O–H groups in total. The van der Waals surface area contributed by atoms with Crippen molar-refractivity contribution in [2.75, 3.05) is 13.1 Å². The summed E-state index contributed by atoms with van der Waals surface area (Å²) in [6.07, 6.45) is 4.41. The topological polar surface area (TPSA) is 32.3 Å².